The van der Waals surface area contributed by atoms with Gasteiger partial charge in [0.1, 0.15) is 6.61 Å². The molecule has 1 aromatic rings. The first kappa shape index (κ1) is 9.45. The summed E-state index contributed by atoms with van der Waals surface area (Å²) < 4.78 is 4.85. The molecule has 0 bridgehead atoms. The summed E-state index contributed by atoms with van der Waals surface area (Å²) in [5.74, 6) is -0.793. The van der Waals surface area contributed by atoms with Crippen LogP contribution in [0.2, 0.25) is 0 Å². The zero-order chi connectivity index (χ0) is 10.8. The number of benzene rings is 1. The van der Waals surface area contributed by atoms with E-state index < -0.39 is 5.91 Å². The lowest BCUT2D eigenvalue weighted by Crippen LogP contribution is -2.05. The van der Waals surface area contributed by atoms with Crippen molar-refractivity contribution in [1.82, 2.24) is 0 Å². The Morgan fingerprint density at radius 1 is 1.47 bits per heavy atom. The first-order valence-corrected chi connectivity index (χ1v) is 4.44. The minimum Gasteiger partial charge on any atom is -0.457 e. The third-order valence-corrected chi connectivity index (χ3v) is 2.15. The molecular formula is C11H9NO3. The van der Waals surface area contributed by atoms with Crippen LogP contribution in [0.25, 0.3) is 6.08 Å². The van der Waals surface area contributed by atoms with Crippen molar-refractivity contribution in [3.05, 3.63) is 41.0 Å². The monoisotopic (exact) mass is 203 g/mol. The Morgan fingerprint density at radius 2 is 2.27 bits per heavy atom. The van der Waals surface area contributed by atoms with Crippen molar-refractivity contribution in [2.75, 3.05) is 0 Å². The normalized spacial score (nSPS) is 14.0. The van der Waals surface area contributed by atoms with Gasteiger partial charge in [-0.25, -0.2) is 4.79 Å². The number of nitrogens with two attached hydrogens (primary N) is 1. The number of hydrogen-bond donors (Lipinski definition) is 1. The van der Waals surface area contributed by atoms with E-state index >= 15 is 0 Å². The van der Waals surface area contributed by atoms with Crippen LogP contribution in [-0.4, -0.2) is 11.9 Å². The van der Waals surface area contributed by atoms with Crippen LogP contribution in [0.1, 0.15) is 21.5 Å². The summed E-state index contributed by atoms with van der Waals surface area (Å²) in [4.78, 5) is 21.6. The maximum Gasteiger partial charge on any atom is 0.338 e. The zero-order valence-corrected chi connectivity index (χ0v) is 7.90. The van der Waals surface area contributed by atoms with E-state index in [1.54, 1.807) is 24.3 Å². The smallest absolute Gasteiger partial charge is 0.338 e. The highest BCUT2D eigenvalue weighted by Crippen LogP contribution is 2.21. The molecule has 0 aliphatic carbocycles. The van der Waals surface area contributed by atoms with Crippen molar-refractivity contribution in [3.63, 3.8) is 0 Å². The Kier molecular flexibility index (Phi) is 2.25. The predicted octanol–water partition coefficient (Wildman–Crippen LogP) is 0.856. The number of carbonyl (C=O) groups is 2. The van der Waals surface area contributed by atoms with E-state index in [1.807, 2.05) is 0 Å². The van der Waals surface area contributed by atoms with E-state index in [0.29, 0.717) is 12.2 Å². The Balaban J connectivity index is 2.31. The minimum absolute atomic E-state index is 0.296. The van der Waals surface area contributed by atoms with Crippen LogP contribution in [0.15, 0.2) is 24.3 Å². The van der Waals surface area contributed by atoms with Crippen LogP contribution in [-0.2, 0) is 16.1 Å². The molecule has 0 unspecified atom stereocenters. The molecule has 0 aromatic heterocycles. The molecule has 1 aliphatic heterocycles. The molecule has 0 saturated heterocycles. The van der Waals surface area contributed by atoms with Crippen molar-refractivity contribution < 1.29 is 14.3 Å². The van der Waals surface area contributed by atoms with Crippen LogP contribution in [0.3, 0.4) is 0 Å². The molecule has 1 aromatic carbocycles. The minimum atomic E-state index is -0.497. The summed E-state index contributed by atoms with van der Waals surface area (Å²) >= 11 is 0. The van der Waals surface area contributed by atoms with Gasteiger partial charge >= 0.3 is 5.97 Å². The summed E-state index contributed by atoms with van der Waals surface area (Å²) in [7, 11) is 0. The molecule has 0 fully saturated rings. The number of hydrogen-bond acceptors (Lipinski definition) is 3. The number of amides is 1. The Bertz CT molecular complexity index is 463. The van der Waals surface area contributed by atoms with Gasteiger partial charge in [0.2, 0.25) is 5.91 Å². The molecule has 4 heteroatoms. The van der Waals surface area contributed by atoms with Crippen molar-refractivity contribution in [3.8, 4) is 0 Å². The second kappa shape index (κ2) is 3.57. The van der Waals surface area contributed by atoms with E-state index in [4.69, 9.17) is 10.5 Å². The molecule has 2 N–H and O–H groups in total. The van der Waals surface area contributed by atoms with Crippen LogP contribution in [0.5, 0.6) is 0 Å². The molecule has 76 valence electrons. The van der Waals surface area contributed by atoms with Gasteiger partial charge in [-0.05, 0) is 23.8 Å². The lowest BCUT2D eigenvalue weighted by atomic mass is 10.1. The second-order valence-electron chi connectivity index (χ2n) is 3.23. The van der Waals surface area contributed by atoms with Gasteiger partial charge in [-0.1, -0.05) is 6.07 Å². The van der Waals surface area contributed by atoms with Gasteiger partial charge < -0.3 is 10.5 Å². The highest BCUT2D eigenvalue weighted by molar-refractivity contribution is 5.94. The van der Waals surface area contributed by atoms with Gasteiger partial charge in [0.15, 0.2) is 0 Å². The summed E-state index contributed by atoms with van der Waals surface area (Å²) in [5.41, 5.74) is 7.22. The van der Waals surface area contributed by atoms with Gasteiger partial charge in [0.25, 0.3) is 0 Å². The van der Waals surface area contributed by atoms with Crippen LogP contribution >= 0.6 is 0 Å². The standard InChI is InChI=1S/C11H9NO3/c12-10(13)4-2-7-1-3-9-8(5-7)6-15-11(9)14/h1-5H,6H2,(H2,12,13). The van der Waals surface area contributed by atoms with Gasteiger partial charge in [-0.3, -0.25) is 4.79 Å². The third-order valence-electron chi connectivity index (χ3n) is 2.15. The fourth-order valence-electron chi connectivity index (χ4n) is 1.44. The second-order valence-corrected chi connectivity index (χ2v) is 3.23. The van der Waals surface area contributed by atoms with Crippen LogP contribution < -0.4 is 5.73 Å². The number of ether oxygens (including phenoxy) is 1. The van der Waals surface area contributed by atoms with E-state index in [1.165, 1.54) is 6.08 Å². The van der Waals surface area contributed by atoms with Crippen molar-refractivity contribution in [1.29, 1.82) is 0 Å². The molecule has 2 rings (SSSR count). The quantitative estimate of drug-likeness (QED) is 0.572. The summed E-state index contributed by atoms with van der Waals surface area (Å²) in [6, 6.07) is 5.23. The Labute approximate surface area is 86.3 Å². The number of primary amides is 1. The number of cyclic esters (lactones) is 1. The fourth-order valence-corrected chi connectivity index (χ4v) is 1.44. The summed E-state index contributed by atoms with van der Waals surface area (Å²) in [6.07, 6.45) is 2.88. The lowest BCUT2D eigenvalue weighted by Gasteiger charge is -1.96. The molecule has 1 aliphatic rings. The molecule has 4 nitrogen and oxygen atoms in total. The van der Waals surface area contributed by atoms with Crippen molar-refractivity contribution in [2.45, 2.75) is 6.61 Å². The average molecular weight is 203 g/mol. The summed E-state index contributed by atoms with van der Waals surface area (Å²) in [5, 5.41) is 0. The number of esters is 1. The number of fused-ring (bicyclic) bond motifs is 1. The van der Waals surface area contributed by atoms with Gasteiger partial charge in [-0.2, -0.15) is 0 Å². The molecular weight excluding hydrogens is 194 g/mol. The van der Waals surface area contributed by atoms with E-state index in [-0.39, 0.29) is 5.97 Å². The molecule has 15 heavy (non-hydrogen) atoms. The maximum atomic E-state index is 11.1. The van der Waals surface area contributed by atoms with E-state index in [2.05, 4.69) is 0 Å². The topological polar surface area (TPSA) is 69.4 Å². The molecule has 0 atom stereocenters. The zero-order valence-electron chi connectivity index (χ0n) is 7.90. The predicted molar refractivity (Wildman–Crippen MR) is 53.8 cm³/mol. The largest absolute Gasteiger partial charge is 0.457 e. The van der Waals surface area contributed by atoms with Crippen molar-refractivity contribution in [2.24, 2.45) is 5.73 Å². The van der Waals surface area contributed by atoms with E-state index in [0.717, 1.165) is 11.1 Å². The highest BCUT2D eigenvalue weighted by Gasteiger charge is 2.20. The molecule has 0 spiro atoms. The van der Waals surface area contributed by atoms with Gasteiger partial charge in [0, 0.05) is 11.6 Å². The van der Waals surface area contributed by atoms with Crippen molar-refractivity contribution >= 4 is 18.0 Å². The fraction of sp³-hybridized carbons (Fsp3) is 0.0909. The van der Waals surface area contributed by atoms with Gasteiger partial charge in [-0.15, -0.1) is 0 Å². The molecule has 1 heterocycles. The lowest BCUT2D eigenvalue weighted by molar-refractivity contribution is -0.113. The molecule has 1 amide bonds. The number of carbonyl (C=O) groups excluding carboxylic acids is 2. The Hall–Kier alpha value is -2.10. The van der Waals surface area contributed by atoms with Crippen LogP contribution in [0.4, 0.5) is 0 Å². The SMILES string of the molecule is NC(=O)C=Cc1ccc2c(c1)COC2=O. The average Bonchev–Trinajstić information content (AvgIpc) is 2.57. The molecule has 0 saturated carbocycles. The number of rotatable bonds is 2. The third kappa shape index (κ3) is 1.88. The first-order valence-electron chi connectivity index (χ1n) is 4.44. The van der Waals surface area contributed by atoms with Crippen LogP contribution in [0, 0.1) is 0 Å². The Morgan fingerprint density at radius 3 is 3.00 bits per heavy atom. The highest BCUT2D eigenvalue weighted by atomic mass is 16.5. The maximum absolute atomic E-state index is 11.1. The molecule has 0 radical (unpaired) electrons. The summed E-state index contributed by atoms with van der Waals surface area (Å²) in [6.45, 7) is 0.298. The van der Waals surface area contributed by atoms with Gasteiger partial charge in [0.05, 0.1) is 5.56 Å². The van der Waals surface area contributed by atoms with E-state index in [9.17, 15) is 9.59 Å². The first-order chi connectivity index (χ1) is 7.16.